The Morgan fingerprint density at radius 1 is 1.04 bits per heavy atom. The Morgan fingerprint density at radius 2 is 1.75 bits per heavy atom. The van der Waals surface area contributed by atoms with Crippen LogP contribution in [0.15, 0.2) is 42.5 Å². The monoisotopic (exact) mass is 374 g/mol. The SMILES string of the molecule is CCNC(=O)c1ccc(NC(=O)c2nc3ccccc3nc2C2CC2)c(C)c1. The van der Waals surface area contributed by atoms with Gasteiger partial charge in [-0.3, -0.25) is 9.59 Å². The zero-order valence-electron chi connectivity index (χ0n) is 16.0. The van der Waals surface area contributed by atoms with E-state index < -0.39 is 0 Å². The molecule has 1 heterocycles. The zero-order valence-corrected chi connectivity index (χ0v) is 16.0. The van der Waals surface area contributed by atoms with Gasteiger partial charge in [-0.1, -0.05) is 12.1 Å². The molecule has 1 aromatic heterocycles. The molecule has 1 saturated carbocycles. The molecule has 0 spiro atoms. The number of benzene rings is 2. The molecule has 1 fully saturated rings. The van der Waals surface area contributed by atoms with Crippen molar-refractivity contribution in [1.82, 2.24) is 15.3 Å². The number of amides is 2. The van der Waals surface area contributed by atoms with Crippen molar-refractivity contribution in [2.24, 2.45) is 0 Å². The van der Waals surface area contributed by atoms with E-state index in [0.717, 1.165) is 29.6 Å². The van der Waals surface area contributed by atoms with Crippen LogP contribution in [0, 0.1) is 6.92 Å². The molecule has 0 aliphatic heterocycles. The number of carbonyl (C=O) groups is 2. The maximum Gasteiger partial charge on any atom is 0.276 e. The normalized spacial score (nSPS) is 13.4. The average Bonchev–Trinajstić information content (AvgIpc) is 3.54. The molecule has 6 nitrogen and oxygen atoms in total. The highest BCUT2D eigenvalue weighted by molar-refractivity contribution is 6.05. The van der Waals surface area contributed by atoms with Gasteiger partial charge in [0.05, 0.1) is 16.7 Å². The molecule has 3 aromatic rings. The van der Waals surface area contributed by atoms with Crippen LogP contribution in [-0.2, 0) is 0 Å². The van der Waals surface area contributed by atoms with Gasteiger partial charge < -0.3 is 10.6 Å². The van der Waals surface area contributed by atoms with Crippen LogP contribution in [0.5, 0.6) is 0 Å². The van der Waals surface area contributed by atoms with Crippen LogP contribution in [0.25, 0.3) is 11.0 Å². The third kappa shape index (κ3) is 3.58. The van der Waals surface area contributed by atoms with Crippen molar-refractivity contribution in [2.75, 3.05) is 11.9 Å². The van der Waals surface area contributed by atoms with Gasteiger partial charge in [0.1, 0.15) is 0 Å². The maximum atomic E-state index is 13.0. The van der Waals surface area contributed by atoms with Crippen molar-refractivity contribution in [3.05, 3.63) is 65.0 Å². The summed E-state index contributed by atoms with van der Waals surface area (Å²) >= 11 is 0. The van der Waals surface area contributed by atoms with Gasteiger partial charge in [0.15, 0.2) is 5.69 Å². The number of aryl methyl sites for hydroxylation is 1. The van der Waals surface area contributed by atoms with Gasteiger partial charge in [0.2, 0.25) is 0 Å². The molecule has 6 heteroatoms. The van der Waals surface area contributed by atoms with Gasteiger partial charge >= 0.3 is 0 Å². The van der Waals surface area contributed by atoms with E-state index in [-0.39, 0.29) is 11.8 Å². The summed E-state index contributed by atoms with van der Waals surface area (Å²) in [6.07, 6.45) is 2.07. The molecule has 1 aliphatic carbocycles. The second-order valence-electron chi connectivity index (χ2n) is 7.06. The second kappa shape index (κ2) is 7.38. The Morgan fingerprint density at radius 3 is 2.39 bits per heavy atom. The van der Waals surface area contributed by atoms with Crippen LogP contribution in [0.4, 0.5) is 5.69 Å². The molecular formula is C22H22N4O2. The number of nitrogens with zero attached hydrogens (tertiary/aromatic N) is 2. The third-order valence-electron chi connectivity index (χ3n) is 4.85. The van der Waals surface area contributed by atoms with Crippen molar-refractivity contribution >= 4 is 28.5 Å². The number of rotatable bonds is 5. The minimum absolute atomic E-state index is 0.125. The number of hydrogen-bond acceptors (Lipinski definition) is 4. The van der Waals surface area contributed by atoms with E-state index in [1.54, 1.807) is 18.2 Å². The summed E-state index contributed by atoms with van der Waals surface area (Å²) < 4.78 is 0. The number of fused-ring (bicyclic) bond motifs is 1. The maximum absolute atomic E-state index is 13.0. The highest BCUT2D eigenvalue weighted by atomic mass is 16.2. The fourth-order valence-electron chi connectivity index (χ4n) is 3.21. The van der Waals surface area contributed by atoms with E-state index in [1.165, 1.54) is 0 Å². The summed E-state index contributed by atoms with van der Waals surface area (Å²) in [5, 5.41) is 5.71. The first-order chi connectivity index (χ1) is 13.6. The molecule has 2 N–H and O–H groups in total. The third-order valence-corrected chi connectivity index (χ3v) is 4.85. The van der Waals surface area contributed by atoms with Crippen molar-refractivity contribution in [3.63, 3.8) is 0 Å². The number of nitrogens with one attached hydrogen (secondary N) is 2. The molecule has 0 atom stereocenters. The van der Waals surface area contributed by atoms with E-state index in [2.05, 4.69) is 15.6 Å². The summed E-state index contributed by atoms with van der Waals surface area (Å²) in [5.74, 6) is -0.0898. The van der Waals surface area contributed by atoms with E-state index in [9.17, 15) is 9.59 Å². The lowest BCUT2D eigenvalue weighted by molar-refractivity contribution is 0.0955. The molecule has 4 rings (SSSR count). The van der Waals surface area contributed by atoms with Crippen molar-refractivity contribution in [2.45, 2.75) is 32.6 Å². The van der Waals surface area contributed by atoms with Crippen molar-refractivity contribution in [1.29, 1.82) is 0 Å². The molecule has 2 amide bonds. The largest absolute Gasteiger partial charge is 0.352 e. The molecule has 142 valence electrons. The highest BCUT2D eigenvalue weighted by Gasteiger charge is 2.31. The molecule has 0 saturated heterocycles. The number of para-hydroxylation sites is 2. The quantitative estimate of drug-likeness (QED) is 0.711. The Bertz CT molecular complexity index is 1070. The van der Waals surface area contributed by atoms with Gasteiger partial charge in [-0.05, 0) is 62.6 Å². The highest BCUT2D eigenvalue weighted by Crippen LogP contribution is 2.40. The summed E-state index contributed by atoms with van der Waals surface area (Å²) in [6.45, 7) is 4.31. The topological polar surface area (TPSA) is 84.0 Å². The lowest BCUT2D eigenvalue weighted by Crippen LogP contribution is -2.23. The minimum atomic E-state index is -0.269. The lowest BCUT2D eigenvalue weighted by Gasteiger charge is -2.12. The Labute approximate surface area is 163 Å². The molecule has 1 aliphatic rings. The Kier molecular flexibility index (Phi) is 4.77. The van der Waals surface area contributed by atoms with Gasteiger partial charge in [-0.25, -0.2) is 9.97 Å². The van der Waals surface area contributed by atoms with E-state index in [4.69, 9.17) is 4.98 Å². The smallest absolute Gasteiger partial charge is 0.276 e. The predicted octanol–water partition coefficient (Wildman–Crippen LogP) is 3.82. The van der Waals surface area contributed by atoms with Gasteiger partial charge in [0.25, 0.3) is 11.8 Å². The molecule has 0 radical (unpaired) electrons. The molecular weight excluding hydrogens is 352 g/mol. The molecule has 2 aromatic carbocycles. The molecule has 28 heavy (non-hydrogen) atoms. The van der Waals surface area contributed by atoms with Crippen LogP contribution < -0.4 is 10.6 Å². The number of aromatic nitrogens is 2. The first kappa shape index (κ1) is 18.1. The van der Waals surface area contributed by atoms with Crippen LogP contribution in [0.2, 0.25) is 0 Å². The Balaban J connectivity index is 1.63. The van der Waals surface area contributed by atoms with E-state index in [0.29, 0.717) is 34.9 Å². The Hall–Kier alpha value is -3.28. The van der Waals surface area contributed by atoms with Crippen LogP contribution in [0.1, 0.15) is 57.8 Å². The second-order valence-corrected chi connectivity index (χ2v) is 7.06. The lowest BCUT2D eigenvalue weighted by atomic mass is 10.1. The van der Waals surface area contributed by atoms with Gasteiger partial charge in [-0.2, -0.15) is 0 Å². The number of carbonyl (C=O) groups excluding carboxylic acids is 2. The summed E-state index contributed by atoms with van der Waals surface area (Å²) in [6, 6.07) is 12.8. The van der Waals surface area contributed by atoms with E-state index in [1.807, 2.05) is 38.1 Å². The number of anilines is 1. The molecule has 0 bridgehead atoms. The molecule has 0 unspecified atom stereocenters. The minimum Gasteiger partial charge on any atom is -0.352 e. The zero-order chi connectivity index (χ0) is 19.7. The van der Waals surface area contributed by atoms with Crippen LogP contribution >= 0.6 is 0 Å². The summed E-state index contributed by atoms with van der Waals surface area (Å²) in [4.78, 5) is 34.3. The summed E-state index contributed by atoms with van der Waals surface area (Å²) in [7, 11) is 0. The average molecular weight is 374 g/mol. The fraction of sp³-hybridized carbons (Fsp3) is 0.273. The fourth-order valence-corrected chi connectivity index (χ4v) is 3.21. The van der Waals surface area contributed by atoms with E-state index >= 15 is 0 Å². The summed E-state index contributed by atoms with van der Waals surface area (Å²) in [5.41, 5.74) is 4.72. The first-order valence-electron chi connectivity index (χ1n) is 9.53. The van der Waals surface area contributed by atoms with Crippen molar-refractivity contribution in [3.8, 4) is 0 Å². The van der Waals surface area contributed by atoms with Gasteiger partial charge in [-0.15, -0.1) is 0 Å². The van der Waals surface area contributed by atoms with Crippen LogP contribution in [-0.4, -0.2) is 28.3 Å². The van der Waals surface area contributed by atoms with Gasteiger partial charge in [0, 0.05) is 23.7 Å². The van der Waals surface area contributed by atoms with Crippen LogP contribution in [0.3, 0.4) is 0 Å². The number of hydrogen-bond donors (Lipinski definition) is 2. The first-order valence-corrected chi connectivity index (χ1v) is 9.53. The standard InChI is InChI=1S/C22H22N4O2/c1-3-23-21(27)15-10-11-16(13(2)12-15)26-22(28)20-19(14-8-9-14)24-17-6-4-5-7-18(17)25-20/h4-7,10-12,14H,3,8-9H2,1-2H3,(H,23,27)(H,26,28). The predicted molar refractivity (Wildman–Crippen MR) is 109 cm³/mol. The van der Waals surface area contributed by atoms with Crippen molar-refractivity contribution < 1.29 is 9.59 Å².